The summed E-state index contributed by atoms with van der Waals surface area (Å²) in [5.74, 6) is -2.74. The second-order valence-corrected chi connectivity index (χ2v) is 11.4. The first-order valence-electron chi connectivity index (χ1n) is 8.57. The van der Waals surface area contributed by atoms with E-state index in [4.69, 9.17) is 0 Å². The first kappa shape index (κ1) is 25.1. The second kappa shape index (κ2) is 7.73. The molecule has 0 amide bonds. The molecule has 0 fully saturated rings. The fourth-order valence-corrected chi connectivity index (χ4v) is 5.39. The first-order valence-corrected chi connectivity index (χ1v) is 13.0. The molecule has 0 aromatic heterocycles. The summed E-state index contributed by atoms with van der Waals surface area (Å²) < 4.78 is 135. The van der Waals surface area contributed by atoms with Gasteiger partial charge in [0.25, 0.3) is 0 Å². The summed E-state index contributed by atoms with van der Waals surface area (Å²) >= 11 is 6.62. The maximum atomic E-state index is 13.1. The maximum absolute atomic E-state index is 13.1. The largest absolute Gasteiger partial charge is 0.534 e. The van der Waals surface area contributed by atoms with Gasteiger partial charge in [-0.15, -0.1) is 0 Å². The van der Waals surface area contributed by atoms with E-state index in [-0.39, 0.29) is 10.8 Å². The Hall–Kier alpha value is -2.04. The van der Waals surface area contributed by atoms with Gasteiger partial charge >= 0.3 is 31.3 Å². The second-order valence-electron chi connectivity index (χ2n) is 6.71. The molecule has 182 valence electrons. The van der Waals surface area contributed by atoms with Crippen LogP contribution in [0.25, 0.3) is 32.3 Å². The van der Waals surface area contributed by atoms with Gasteiger partial charge < -0.3 is 8.37 Å². The number of benzene rings is 4. The molecule has 34 heavy (non-hydrogen) atoms. The standard InChI is InChI=1S/C18H6Br2F6O6S2/c19-13-7-3-1-5-9-11(7)12-8(14(13)20)4-2-6-10(12)16(32-34(29,30)18(24,25)26)15(9)31-33(27,28)17(21,22)23/h1-6H. The van der Waals surface area contributed by atoms with Crippen molar-refractivity contribution in [2.75, 3.05) is 0 Å². The third-order valence-electron chi connectivity index (χ3n) is 4.69. The van der Waals surface area contributed by atoms with E-state index in [0.29, 0.717) is 19.7 Å². The predicted molar refractivity (Wildman–Crippen MR) is 117 cm³/mol. The minimum Gasteiger partial charge on any atom is -0.371 e. The molecule has 0 bridgehead atoms. The number of alkyl halides is 6. The lowest BCUT2D eigenvalue weighted by atomic mass is 9.93. The molecule has 4 rings (SSSR count). The molecule has 0 radical (unpaired) electrons. The zero-order valence-electron chi connectivity index (χ0n) is 15.8. The van der Waals surface area contributed by atoms with Crippen LogP contribution in [0, 0.1) is 0 Å². The van der Waals surface area contributed by atoms with Gasteiger partial charge in [0.1, 0.15) is 0 Å². The molecular formula is C18H6Br2F6O6S2. The van der Waals surface area contributed by atoms with Crippen molar-refractivity contribution < 1.29 is 51.5 Å². The van der Waals surface area contributed by atoms with Crippen LogP contribution in [-0.2, 0) is 20.2 Å². The van der Waals surface area contributed by atoms with Crippen LogP contribution in [0.2, 0.25) is 0 Å². The highest BCUT2D eigenvalue weighted by Gasteiger charge is 2.51. The van der Waals surface area contributed by atoms with Crippen molar-refractivity contribution in [2.45, 2.75) is 11.0 Å². The summed E-state index contributed by atoms with van der Waals surface area (Å²) in [6, 6.07) is 7.63. The Bertz CT molecular complexity index is 1560. The third kappa shape index (κ3) is 3.74. The molecule has 16 heteroatoms. The molecular weight excluding hydrogens is 650 g/mol. The van der Waals surface area contributed by atoms with Gasteiger partial charge in [0.2, 0.25) is 0 Å². The van der Waals surface area contributed by atoms with E-state index >= 15 is 0 Å². The van der Waals surface area contributed by atoms with Crippen molar-refractivity contribution in [3.05, 3.63) is 45.3 Å². The number of hydrogen-bond acceptors (Lipinski definition) is 6. The molecule has 0 aliphatic carbocycles. The molecule has 0 heterocycles. The van der Waals surface area contributed by atoms with Crippen molar-refractivity contribution in [2.24, 2.45) is 0 Å². The summed E-state index contributed by atoms with van der Waals surface area (Å²) in [4.78, 5) is 0. The summed E-state index contributed by atoms with van der Waals surface area (Å²) in [6.07, 6.45) is 0. The Kier molecular flexibility index (Phi) is 5.70. The van der Waals surface area contributed by atoms with Gasteiger partial charge in [0.05, 0.1) is 0 Å². The lowest BCUT2D eigenvalue weighted by Gasteiger charge is -2.21. The van der Waals surface area contributed by atoms with Crippen molar-refractivity contribution in [1.82, 2.24) is 0 Å². The minimum absolute atomic E-state index is 0.0901. The molecule has 0 atom stereocenters. The molecule has 0 aliphatic rings. The fraction of sp³-hybridized carbons (Fsp3) is 0.111. The molecule has 0 spiro atoms. The van der Waals surface area contributed by atoms with Crippen LogP contribution < -0.4 is 8.37 Å². The molecule has 0 saturated heterocycles. The van der Waals surface area contributed by atoms with Gasteiger partial charge in [-0.2, -0.15) is 43.2 Å². The van der Waals surface area contributed by atoms with E-state index < -0.39 is 53.5 Å². The van der Waals surface area contributed by atoms with Crippen LogP contribution in [0.1, 0.15) is 0 Å². The average molecular weight is 656 g/mol. The Morgan fingerprint density at radius 3 is 1.18 bits per heavy atom. The topological polar surface area (TPSA) is 86.7 Å². The van der Waals surface area contributed by atoms with Gasteiger partial charge in [-0.3, -0.25) is 0 Å². The highest BCUT2D eigenvalue weighted by atomic mass is 79.9. The molecule has 0 aliphatic heterocycles. The Labute approximate surface area is 203 Å². The Balaban J connectivity index is 2.25. The fourth-order valence-electron chi connectivity index (χ4n) is 3.35. The molecule has 6 nitrogen and oxygen atoms in total. The summed E-state index contributed by atoms with van der Waals surface area (Å²) in [5, 5.41) is -0.0658. The number of hydrogen-bond donors (Lipinski definition) is 0. The molecule has 0 saturated carbocycles. The van der Waals surface area contributed by atoms with Gasteiger partial charge in [-0.25, -0.2) is 0 Å². The van der Waals surface area contributed by atoms with E-state index in [1.165, 1.54) is 24.3 Å². The van der Waals surface area contributed by atoms with Gasteiger partial charge in [0, 0.05) is 30.5 Å². The van der Waals surface area contributed by atoms with Gasteiger partial charge in [0.15, 0.2) is 11.5 Å². The first-order chi connectivity index (χ1) is 15.5. The van der Waals surface area contributed by atoms with E-state index in [2.05, 4.69) is 40.2 Å². The molecule has 0 N–H and O–H groups in total. The van der Waals surface area contributed by atoms with Crippen molar-refractivity contribution in [3.8, 4) is 11.5 Å². The van der Waals surface area contributed by atoms with Crippen molar-refractivity contribution >= 4 is 84.4 Å². The van der Waals surface area contributed by atoms with Crippen molar-refractivity contribution in [3.63, 3.8) is 0 Å². The van der Waals surface area contributed by atoms with Crippen LogP contribution in [0.4, 0.5) is 26.3 Å². The molecule has 0 unspecified atom stereocenters. The van der Waals surface area contributed by atoms with E-state index in [0.717, 1.165) is 12.1 Å². The third-order valence-corrected chi connectivity index (χ3v) is 8.78. The van der Waals surface area contributed by atoms with E-state index in [9.17, 15) is 43.2 Å². The lowest BCUT2D eigenvalue weighted by Crippen LogP contribution is -2.30. The molecule has 4 aromatic carbocycles. The summed E-state index contributed by atoms with van der Waals surface area (Å²) in [7, 11) is -12.9. The Morgan fingerprint density at radius 2 is 0.882 bits per heavy atom. The van der Waals surface area contributed by atoms with Crippen LogP contribution in [0.3, 0.4) is 0 Å². The average Bonchev–Trinajstić information content (AvgIpc) is 2.71. The summed E-state index contributed by atoms with van der Waals surface area (Å²) in [5.41, 5.74) is -12.0. The maximum Gasteiger partial charge on any atom is 0.534 e. The van der Waals surface area contributed by atoms with E-state index in [1.807, 2.05) is 0 Å². The number of halogens is 8. The van der Waals surface area contributed by atoms with Gasteiger partial charge in [-0.1, -0.05) is 36.4 Å². The van der Waals surface area contributed by atoms with Crippen LogP contribution >= 0.6 is 31.9 Å². The Morgan fingerprint density at radius 1 is 0.588 bits per heavy atom. The quantitative estimate of drug-likeness (QED) is 0.107. The molecule has 4 aromatic rings. The van der Waals surface area contributed by atoms with Crippen LogP contribution in [-0.4, -0.2) is 27.9 Å². The van der Waals surface area contributed by atoms with Crippen LogP contribution in [0.5, 0.6) is 11.5 Å². The van der Waals surface area contributed by atoms with Crippen molar-refractivity contribution in [1.29, 1.82) is 0 Å². The minimum atomic E-state index is -6.44. The predicted octanol–water partition coefficient (Wildman–Crippen LogP) is 6.57. The normalized spacial score (nSPS) is 13.8. The van der Waals surface area contributed by atoms with E-state index in [1.54, 1.807) is 0 Å². The highest BCUT2D eigenvalue weighted by molar-refractivity contribution is 9.13. The monoisotopic (exact) mass is 654 g/mol. The van der Waals surface area contributed by atoms with Crippen LogP contribution in [0.15, 0.2) is 45.3 Å². The zero-order valence-corrected chi connectivity index (χ0v) is 20.6. The smallest absolute Gasteiger partial charge is 0.371 e. The SMILES string of the molecule is O=S(=O)(Oc1c(OS(=O)(=O)C(F)(F)F)c2cccc3c(Br)c(Br)c4cccc1c4c32)C(F)(F)F. The van der Waals surface area contributed by atoms with Gasteiger partial charge in [-0.05, 0) is 42.6 Å². The summed E-state index contributed by atoms with van der Waals surface area (Å²) in [6.45, 7) is 0. The lowest BCUT2D eigenvalue weighted by molar-refractivity contribution is -0.0512. The number of rotatable bonds is 4. The highest BCUT2D eigenvalue weighted by Crippen LogP contribution is 2.52. The zero-order chi connectivity index (χ0) is 25.4.